The lowest BCUT2D eigenvalue weighted by atomic mass is 10.0. The Labute approximate surface area is 109 Å². The Kier molecular flexibility index (Phi) is 3.75. The van der Waals surface area contributed by atoms with Crippen LogP contribution in [0.25, 0.3) is 11.1 Å². The number of carbonyl (C=O) groups excluding carboxylic acids is 1. The van der Waals surface area contributed by atoms with Crippen molar-refractivity contribution in [3.05, 3.63) is 58.3 Å². The zero-order valence-electron chi connectivity index (χ0n) is 10.4. The average Bonchev–Trinajstić information content (AvgIpc) is 2.39. The maximum Gasteiger partial charge on any atom is 0.254 e. The summed E-state index contributed by atoms with van der Waals surface area (Å²) >= 11 is 0. The molecule has 1 aromatic carbocycles. The van der Waals surface area contributed by atoms with Crippen LogP contribution in [0, 0.1) is 5.82 Å². The molecule has 19 heavy (non-hydrogen) atoms. The van der Waals surface area contributed by atoms with Crippen LogP contribution in [-0.2, 0) is 0 Å². The second kappa shape index (κ2) is 5.48. The molecular weight excluding hydrogens is 247 g/mol. The number of hydrogen-bond acceptors (Lipinski definition) is 2. The molecule has 2 aromatic rings. The Balaban J connectivity index is 2.36. The highest BCUT2D eigenvalue weighted by atomic mass is 19.1. The van der Waals surface area contributed by atoms with E-state index in [9.17, 15) is 14.0 Å². The molecule has 0 saturated heterocycles. The van der Waals surface area contributed by atoms with E-state index in [4.69, 9.17) is 0 Å². The van der Waals surface area contributed by atoms with Gasteiger partial charge in [-0.25, -0.2) is 4.39 Å². The van der Waals surface area contributed by atoms with Crippen LogP contribution in [0.15, 0.2) is 41.3 Å². The molecule has 0 bridgehead atoms. The zero-order chi connectivity index (χ0) is 13.8. The number of pyridine rings is 1. The van der Waals surface area contributed by atoms with E-state index in [0.717, 1.165) is 0 Å². The Hall–Kier alpha value is -2.43. The number of carbonyl (C=O) groups is 1. The fourth-order valence-corrected chi connectivity index (χ4v) is 1.72. The van der Waals surface area contributed by atoms with Gasteiger partial charge in [-0.2, -0.15) is 0 Å². The molecule has 2 rings (SSSR count). The molecule has 2 N–H and O–H groups in total. The van der Waals surface area contributed by atoms with Crippen LogP contribution >= 0.6 is 0 Å². The van der Waals surface area contributed by atoms with Crippen LogP contribution in [0.1, 0.15) is 17.3 Å². The molecule has 98 valence electrons. The van der Waals surface area contributed by atoms with Crippen molar-refractivity contribution in [2.75, 3.05) is 6.54 Å². The van der Waals surface area contributed by atoms with Gasteiger partial charge < -0.3 is 10.3 Å². The van der Waals surface area contributed by atoms with E-state index in [0.29, 0.717) is 17.7 Å². The van der Waals surface area contributed by atoms with Crippen molar-refractivity contribution in [1.29, 1.82) is 0 Å². The van der Waals surface area contributed by atoms with E-state index in [1.807, 2.05) is 0 Å². The highest BCUT2D eigenvalue weighted by Gasteiger charge is 2.11. The van der Waals surface area contributed by atoms with Crippen molar-refractivity contribution in [2.24, 2.45) is 0 Å². The quantitative estimate of drug-likeness (QED) is 0.885. The summed E-state index contributed by atoms with van der Waals surface area (Å²) in [5, 5.41) is 2.54. The topological polar surface area (TPSA) is 62.0 Å². The van der Waals surface area contributed by atoms with Crippen molar-refractivity contribution >= 4 is 5.91 Å². The lowest BCUT2D eigenvalue weighted by molar-refractivity contribution is 0.0952. The van der Waals surface area contributed by atoms with Crippen LogP contribution in [0.5, 0.6) is 0 Å². The third-order valence-electron chi connectivity index (χ3n) is 2.67. The van der Waals surface area contributed by atoms with E-state index in [1.165, 1.54) is 24.4 Å². The fraction of sp³-hybridized carbons (Fsp3) is 0.143. The molecule has 0 unspecified atom stereocenters. The second-order valence-electron chi connectivity index (χ2n) is 4.00. The van der Waals surface area contributed by atoms with Crippen molar-refractivity contribution in [3.63, 3.8) is 0 Å². The standard InChI is InChI=1S/C14H13FN2O2/c1-2-16-14(19)11-5-3-9(7-12(11)15)10-4-6-13(18)17-8-10/h3-8H,2H2,1H3,(H,16,19)(H,17,18). The zero-order valence-corrected chi connectivity index (χ0v) is 10.4. The first-order chi connectivity index (χ1) is 9.11. The number of rotatable bonds is 3. The number of halogens is 1. The van der Waals surface area contributed by atoms with Crippen LogP contribution in [-0.4, -0.2) is 17.4 Å². The Morgan fingerprint density at radius 1 is 1.26 bits per heavy atom. The average molecular weight is 260 g/mol. The molecule has 0 radical (unpaired) electrons. The molecule has 0 aliphatic rings. The maximum absolute atomic E-state index is 13.9. The molecule has 0 aliphatic heterocycles. The van der Waals surface area contributed by atoms with Crippen LogP contribution < -0.4 is 10.9 Å². The molecule has 0 fully saturated rings. The number of benzene rings is 1. The van der Waals surface area contributed by atoms with Gasteiger partial charge >= 0.3 is 0 Å². The number of H-pyrrole nitrogens is 1. The van der Waals surface area contributed by atoms with Gasteiger partial charge in [0.1, 0.15) is 5.82 Å². The van der Waals surface area contributed by atoms with Crippen molar-refractivity contribution in [1.82, 2.24) is 10.3 Å². The van der Waals surface area contributed by atoms with E-state index in [2.05, 4.69) is 10.3 Å². The van der Waals surface area contributed by atoms with Gasteiger partial charge in [0.2, 0.25) is 5.56 Å². The second-order valence-corrected chi connectivity index (χ2v) is 4.00. The summed E-state index contributed by atoms with van der Waals surface area (Å²) in [5.41, 5.74) is 1.07. The molecule has 0 spiro atoms. The van der Waals surface area contributed by atoms with Gasteiger partial charge in [0.15, 0.2) is 0 Å². The van der Waals surface area contributed by atoms with Gasteiger partial charge in [0.25, 0.3) is 5.91 Å². The number of aromatic amines is 1. The molecule has 0 saturated carbocycles. The molecule has 0 atom stereocenters. The Bertz CT molecular complexity index is 644. The summed E-state index contributed by atoms with van der Waals surface area (Å²) < 4.78 is 13.9. The molecule has 1 amide bonds. The minimum Gasteiger partial charge on any atom is -0.352 e. The summed E-state index contributed by atoms with van der Waals surface area (Å²) in [6.45, 7) is 2.21. The summed E-state index contributed by atoms with van der Waals surface area (Å²) in [6, 6.07) is 7.31. The minimum atomic E-state index is -0.588. The lowest BCUT2D eigenvalue weighted by Gasteiger charge is -2.06. The molecule has 1 aromatic heterocycles. The Morgan fingerprint density at radius 2 is 2.00 bits per heavy atom. The van der Waals surface area contributed by atoms with Gasteiger partial charge in [-0.15, -0.1) is 0 Å². The molecular formula is C14H13FN2O2. The number of aromatic nitrogens is 1. The normalized spacial score (nSPS) is 10.2. The van der Waals surface area contributed by atoms with E-state index < -0.39 is 11.7 Å². The minimum absolute atomic E-state index is 0.00928. The summed E-state index contributed by atoms with van der Waals surface area (Å²) in [5.74, 6) is -1.03. The summed E-state index contributed by atoms with van der Waals surface area (Å²) in [4.78, 5) is 25.0. The van der Waals surface area contributed by atoms with Gasteiger partial charge in [-0.1, -0.05) is 6.07 Å². The van der Waals surface area contributed by atoms with Gasteiger partial charge in [0.05, 0.1) is 5.56 Å². The smallest absolute Gasteiger partial charge is 0.254 e. The predicted octanol–water partition coefficient (Wildman–Crippen LogP) is 1.93. The first kappa shape index (κ1) is 13.0. The van der Waals surface area contributed by atoms with E-state index in [1.54, 1.807) is 19.1 Å². The summed E-state index contributed by atoms with van der Waals surface area (Å²) in [7, 11) is 0. The maximum atomic E-state index is 13.9. The van der Waals surface area contributed by atoms with Crippen LogP contribution in [0.4, 0.5) is 4.39 Å². The highest BCUT2D eigenvalue weighted by Crippen LogP contribution is 2.20. The van der Waals surface area contributed by atoms with E-state index >= 15 is 0 Å². The molecule has 5 heteroatoms. The third kappa shape index (κ3) is 2.88. The monoisotopic (exact) mass is 260 g/mol. The van der Waals surface area contributed by atoms with E-state index in [-0.39, 0.29) is 11.1 Å². The van der Waals surface area contributed by atoms with Gasteiger partial charge in [0, 0.05) is 18.8 Å². The van der Waals surface area contributed by atoms with Crippen molar-refractivity contribution < 1.29 is 9.18 Å². The molecule has 4 nitrogen and oxygen atoms in total. The molecule has 1 heterocycles. The number of nitrogens with one attached hydrogen (secondary N) is 2. The SMILES string of the molecule is CCNC(=O)c1ccc(-c2ccc(=O)[nH]c2)cc1F. The first-order valence-corrected chi connectivity index (χ1v) is 5.88. The third-order valence-corrected chi connectivity index (χ3v) is 2.67. The van der Waals surface area contributed by atoms with Crippen molar-refractivity contribution in [3.8, 4) is 11.1 Å². The van der Waals surface area contributed by atoms with Crippen molar-refractivity contribution in [2.45, 2.75) is 6.92 Å². The highest BCUT2D eigenvalue weighted by molar-refractivity contribution is 5.94. The largest absolute Gasteiger partial charge is 0.352 e. The van der Waals surface area contributed by atoms with Gasteiger partial charge in [-0.3, -0.25) is 9.59 Å². The van der Waals surface area contributed by atoms with Crippen LogP contribution in [0.2, 0.25) is 0 Å². The Morgan fingerprint density at radius 3 is 2.58 bits per heavy atom. The lowest BCUT2D eigenvalue weighted by Crippen LogP contribution is -2.23. The van der Waals surface area contributed by atoms with Crippen LogP contribution in [0.3, 0.4) is 0 Å². The number of hydrogen-bond donors (Lipinski definition) is 2. The van der Waals surface area contributed by atoms with Gasteiger partial charge in [-0.05, 0) is 36.2 Å². The first-order valence-electron chi connectivity index (χ1n) is 5.88. The number of amides is 1. The summed E-state index contributed by atoms with van der Waals surface area (Å²) in [6.07, 6.45) is 1.50. The predicted molar refractivity (Wildman–Crippen MR) is 70.5 cm³/mol. The molecule has 0 aliphatic carbocycles. The fourth-order valence-electron chi connectivity index (χ4n) is 1.72.